The van der Waals surface area contributed by atoms with E-state index in [2.05, 4.69) is 31.0 Å². The van der Waals surface area contributed by atoms with Crippen LogP contribution in [0.5, 0.6) is 0 Å². The van der Waals surface area contributed by atoms with Crippen molar-refractivity contribution in [1.29, 1.82) is 0 Å². The van der Waals surface area contributed by atoms with E-state index in [0.717, 1.165) is 30.8 Å². The maximum Gasteiger partial charge on any atom is 0.257 e. The highest BCUT2D eigenvalue weighted by molar-refractivity contribution is 6.11. The van der Waals surface area contributed by atoms with Crippen LogP contribution in [0.2, 0.25) is 0 Å². The third-order valence-corrected chi connectivity index (χ3v) is 5.19. The number of hydrogen-bond acceptors (Lipinski definition) is 3. The van der Waals surface area contributed by atoms with Gasteiger partial charge in [-0.2, -0.15) is 0 Å². The molecule has 0 heterocycles. The molecule has 1 aliphatic rings. The molecule has 2 aromatic rings. The van der Waals surface area contributed by atoms with E-state index < -0.39 is 0 Å². The number of carbonyl (C=O) groups excluding carboxylic acids is 2. The average molecular weight is 380 g/mol. The Bertz CT molecular complexity index is 841. The van der Waals surface area contributed by atoms with Gasteiger partial charge in [-0.05, 0) is 70.0 Å². The molecule has 5 nitrogen and oxygen atoms in total. The number of para-hydroxylation sites is 1. The lowest BCUT2D eigenvalue weighted by Crippen LogP contribution is -2.30. The quantitative estimate of drug-likeness (QED) is 0.768. The van der Waals surface area contributed by atoms with Crippen LogP contribution >= 0.6 is 0 Å². The normalized spacial score (nSPS) is 13.3. The van der Waals surface area contributed by atoms with Gasteiger partial charge < -0.3 is 15.1 Å². The van der Waals surface area contributed by atoms with Gasteiger partial charge >= 0.3 is 0 Å². The fourth-order valence-corrected chi connectivity index (χ4v) is 3.46. The van der Waals surface area contributed by atoms with Crippen LogP contribution in [0.15, 0.2) is 48.5 Å². The molecule has 0 saturated heterocycles. The predicted molar refractivity (Wildman–Crippen MR) is 115 cm³/mol. The molecule has 3 rings (SSSR count). The average Bonchev–Trinajstić information content (AvgIpc) is 3.53. The highest BCUT2D eigenvalue weighted by Crippen LogP contribution is 2.33. The van der Waals surface area contributed by atoms with Crippen LogP contribution in [0.3, 0.4) is 0 Å². The van der Waals surface area contributed by atoms with Gasteiger partial charge in [0.05, 0.1) is 11.3 Å². The smallest absolute Gasteiger partial charge is 0.257 e. The van der Waals surface area contributed by atoms with E-state index in [1.165, 1.54) is 0 Å². The van der Waals surface area contributed by atoms with Crippen LogP contribution in [0.4, 0.5) is 17.1 Å². The van der Waals surface area contributed by atoms with Gasteiger partial charge in [-0.15, -0.1) is 0 Å². The Morgan fingerprint density at radius 2 is 1.71 bits per heavy atom. The van der Waals surface area contributed by atoms with E-state index in [1.807, 2.05) is 42.5 Å². The number of rotatable bonds is 7. The van der Waals surface area contributed by atoms with E-state index in [4.69, 9.17) is 0 Å². The van der Waals surface area contributed by atoms with Gasteiger partial charge in [-0.1, -0.05) is 12.1 Å². The molecule has 0 aromatic heterocycles. The van der Waals surface area contributed by atoms with E-state index in [9.17, 15) is 9.59 Å². The summed E-state index contributed by atoms with van der Waals surface area (Å²) in [5.41, 5.74) is 3.01. The van der Waals surface area contributed by atoms with E-state index in [0.29, 0.717) is 17.3 Å². The Morgan fingerprint density at radius 3 is 2.29 bits per heavy atom. The Labute approximate surface area is 167 Å². The second-order valence-corrected chi connectivity index (χ2v) is 7.57. The van der Waals surface area contributed by atoms with Gasteiger partial charge in [0.15, 0.2) is 0 Å². The van der Waals surface area contributed by atoms with E-state index >= 15 is 0 Å². The van der Waals surface area contributed by atoms with Gasteiger partial charge in [0, 0.05) is 36.9 Å². The first-order chi connectivity index (χ1) is 13.4. The summed E-state index contributed by atoms with van der Waals surface area (Å²) < 4.78 is 0. The largest absolute Gasteiger partial charge is 0.369 e. The molecule has 1 N–H and O–H groups in total. The maximum atomic E-state index is 12.9. The topological polar surface area (TPSA) is 52.7 Å². The van der Waals surface area contributed by atoms with Crippen LogP contribution in [0, 0.1) is 5.92 Å². The number of nitrogens with one attached hydrogen (secondary N) is 1. The van der Waals surface area contributed by atoms with Crippen molar-refractivity contribution in [2.45, 2.75) is 39.7 Å². The molecule has 0 bridgehead atoms. The second kappa shape index (κ2) is 8.46. The standard InChI is InChI=1S/C23H29N3O2/c1-5-26(16(2)3)19-14-12-18(13-15-19)24-22(27)20-8-6-7-9-21(20)25(4)23(28)17-10-11-17/h6-9,12-17H,5,10-11H2,1-4H3,(H,24,27). The molecule has 0 aliphatic heterocycles. The van der Waals surface area contributed by atoms with Gasteiger partial charge in [0.25, 0.3) is 5.91 Å². The van der Waals surface area contributed by atoms with Gasteiger partial charge in [0.1, 0.15) is 0 Å². The van der Waals surface area contributed by atoms with E-state index in [1.54, 1.807) is 18.0 Å². The maximum absolute atomic E-state index is 12.9. The van der Waals surface area contributed by atoms with Crippen LogP contribution < -0.4 is 15.1 Å². The number of nitrogens with zero attached hydrogens (tertiary/aromatic N) is 2. The van der Waals surface area contributed by atoms with Crippen LogP contribution in [0.25, 0.3) is 0 Å². The molecule has 0 radical (unpaired) electrons. The Balaban J connectivity index is 1.75. The number of hydrogen-bond donors (Lipinski definition) is 1. The van der Waals surface area contributed by atoms with Crippen molar-refractivity contribution in [3.8, 4) is 0 Å². The van der Waals surface area contributed by atoms with Crippen LogP contribution in [0.1, 0.15) is 44.0 Å². The molecular formula is C23H29N3O2. The molecule has 28 heavy (non-hydrogen) atoms. The van der Waals surface area contributed by atoms with Crippen molar-refractivity contribution in [2.24, 2.45) is 5.92 Å². The first-order valence-corrected chi connectivity index (χ1v) is 9.97. The van der Waals surface area contributed by atoms with Crippen molar-refractivity contribution in [3.05, 3.63) is 54.1 Å². The van der Waals surface area contributed by atoms with E-state index in [-0.39, 0.29) is 17.7 Å². The summed E-state index contributed by atoms with van der Waals surface area (Å²) in [5, 5.41) is 2.96. The molecule has 0 unspecified atom stereocenters. The highest BCUT2D eigenvalue weighted by atomic mass is 16.2. The first-order valence-electron chi connectivity index (χ1n) is 9.97. The first kappa shape index (κ1) is 19.9. The monoisotopic (exact) mass is 379 g/mol. The third kappa shape index (κ3) is 4.35. The summed E-state index contributed by atoms with van der Waals surface area (Å²) in [6.45, 7) is 7.38. The SMILES string of the molecule is CCN(c1ccc(NC(=O)c2ccccc2N(C)C(=O)C2CC2)cc1)C(C)C. The zero-order valence-corrected chi connectivity index (χ0v) is 17.1. The minimum Gasteiger partial charge on any atom is -0.369 e. The lowest BCUT2D eigenvalue weighted by atomic mass is 10.1. The molecule has 5 heteroatoms. The zero-order chi connectivity index (χ0) is 20.3. The van der Waals surface area contributed by atoms with Crippen molar-refractivity contribution >= 4 is 28.9 Å². The zero-order valence-electron chi connectivity index (χ0n) is 17.1. The molecule has 2 amide bonds. The lowest BCUT2D eigenvalue weighted by molar-refractivity contribution is -0.119. The summed E-state index contributed by atoms with van der Waals surface area (Å²) >= 11 is 0. The molecule has 1 aliphatic carbocycles. The Morgan fingerprint density at radius 1 is 1.07 bits per heavy atom. The Hall–Kier alpha value is -2.82. The van der Waals surface area contributed by atoms with Crippen molar-refractivity contribution in [3.63, 3.8) is 0 Å². The summed E-state index contributed by atoms with van der Waals surface area (Å²) in [6.07, 6.45) is 1.88. The number of carbonyl (C=O) groups is 2. The summed E-state index contributed by atoms with van der Waals surface area (Å²) in [6, 6.07) is 15.5. The molecular weight excluding hydrogens is 350 g/mol. The van der Waals surface area contributed by atoms with Crippen molar-refractivity contribution < 1.29 is 9.59 Å². The van der Waals surface area contributed by atoms with Gasteiger partial charge in [0.2, 0.25) is 5.91 Å². The molecule has 1 fully saturated rings. The second-order valence-electron chi connectivity index (χ2n) is 7.57. The molecule has 148 valence electrons. The van der Waals surface area contributed by atoms with Gasteiger partial charge in [-0.3, -0.25) is 9.59 Å². The minimum atomic E-state index is -0.213. The number of benzene rings is 2. The lowest BCUT2D eigenvalue weighted by Gasteiger charge is -2.27. The summed E-state index contributed by atoms with van der Waals surface area (Å²) in [7, 11) is 1.74. The molecule has 0 spiro atoms. The molecule has 0 atom stereocenters. The van der Waals surface area contributed by atoms with Crippen molar-refractivity contribution in [1.82, 2.24) is 0 Å². The number of amides is 2. The molecule has 2 aromatic carbocycles. The fourth-order valence-electron chi connectivity index (χ4n) is 3.46. The fraction of sp³-hybridized carbons (Fsp3) is 0.391. The third-order valence-electron chi connectivity index (χ3n) is 5.19. The highest BCUT2D eigenvalue weighted by Gasteiger charge is 2.33. The Kier molecular flexibility index (Phi) is 6.02. The van der Waals surface area contributed by atoms with Gasteiger partial charge in [-0.25, -0.2) is 0 Å². The predicted octanol–water partition coefficient (Wildman–Crippen LogP) is 4.55. The van der Waals surface area contributed by atoms with Crippen LogP contribution in [-0.4, -0.2) is 31.4 Å². The summed E-state index contributed by atoms with van der Waals surface area (Å²) in [5.74, 6) is -0.0240. The van der Waals surface area contributed by atoms with Crippen molar-refractivity contribution in [2.75, 3.05) is 28.7 Å². The minimum absolute atomic E-state index is 0.0814. The van der Waals surface area contributed by atoms with Crippen LogP contribution in [-0.2, 0) is 4.79 Å². The summed E-state index contributed by atoms with van der Waals surface area (Å²) in [4.78, 5) is 29.2. The number of anilines is 3. The molecule has 1 saturated carbocycles.